The molecule has 2 aromatic carbocycles. The number of nitrogens with one attached hydrogen (secondary N) is 1. The molecule has 2 heterocycles. The molecule has 8 nitrogen and oxygen atoms in total. The minimum absolute atomic E-state index is 0.111. The van der Waals surface area contributed by atoms with Crippen LogP contribution in [0.2, 0.25) is 5.02 Å². The number of nitrogens with zero attached hydrogens (tertiary/aromatic N) is 3. The lowest BCUT2D eigenvalue weighted by Gasteiger charge is -2.31. The number of carbonyl (C=O) groups excluding carboxylic acids is 1. The van der Waals surface area contributed by atoms with Crippen molar-refractivity contribution in [1.82, 2.24) is 14.4 Å². The molecule has 1 aliphatic heterocycles. The van der Waals surface area contributed by atoms with Gasteiger partial charge in [0.05, 0.1) is 16.5 Å². The van der Waals surface area contributed by atoms with Crippen LogP contribution in [0.5, 0.6) is 0 Å². The van der Waals surface area contributed by atoms with E-state index in [1.807, 2.05) is 6.07 Å². The third-order valence-electron chi connectivity index (χ3n) is 5.16. The van der Waals surface area contributed by atoms with Crippen molar-refractivity contribution in [2.24, 2.45) is 5.92 Å². The van der Waals surface area contributed by atoms with Gasteiger partial charge in [-0.25, -0.2) is 8.42 Å². The summed E-state index contributed by atoms with van der Waals surface area (Å²) in [6.07, 6.45) is 1.19. The smallest absolute Gasteiger partial charge is 0.243 e. The molecule has 1 unspecified atom stereocenters. The van der Waals surface area contributed by atoms with E-state index in [1.165, 1.54) is 16.4 Å². The van der Waals surface area contributed by atoms with E-state index < -0.39 is 15.9 Å². The summed E-state index contributed by atoms with van der Waals surface area (Å²) < 4.78 is 32.4. The molecule has 3 aromatic rings. The van der Waals surface area contributed by atoms with Gasteiger partial charge in [0.25, 0.3) is 0 Å². The number of anilines is 1. The first kappa shape index (κ1) is 21.5. The van der Waals surface area contributed by atoms with Crippen LogP contribution in [0.3, 0.4) is 0 Å². The number of rotatable bonds is 5. The average molecular weight is 461 g/mol. The lowest BCUT2D eigenvalue weighted by Crippen LogP contribution is -2.43. The summed E-state index contributed by atoms with van der Waals surface area (Å²) >= 11 is 5.87. The summed E-state index contributed by atoms with van der Waals surface area (Å²) in [6.45, 7) is 2.17. The van der Waals surface area contributed by atoms with Crippen LogP contribution in [0, 0.1) is 12.8 Å². The quantitative estimate of drug-likeness (QED) is 0.621. The first-order valence-electron chi connectivity index (χ1n) is 9.81. The molecule has 0 aliphatic carbocycles. The lowest BCUT2D eigenvalue weighted by atomic mass is 9.98. The number of carbonyl (C=O) groups is 1. The Morgan fingerprint density at radius 3 is 2.65 bits per heavy atom. The molecule has 0 bridgehead atoms. The van der Waals surface area contributed by atoms with Crippen molar-refractivity contribution in [3.8, 4) is 11.4 Å². The minimum atomic E-state index is -3.70. The van der Waals surface area contributed by atoms with Crippen LogP contribution in [-0.2, 0) is 14.8 Å². The number of amides is 1. The minimum Gasteiger partial charge on any atom is -0.339 e. The normalized spacial score (nSPS) is 17.4. The van der Waals surface area contributed by atoms with E-state index in [1.54, 1.807) is 37.3 Å². The van der Waals surface area contributed by atoms with Crippen molar-refractivity contribution in [2.45, 2.75) is 24.7 Å². The molecule has 0 spiro atoms. The highest BCUT2D eigenvalue weighted by molar-refractivity contribution is 7.89. The molecule has 1 atom stereocenters. The van der Waals surface area contributed by atoms with Crippen LogP contribution in [0.25, 0.3) is 11.4 Å². The Balaban J connectivity index is 1.51. The second-order valence-corrected chi connectivity index (χ2v) is 9.70. The number of para-hydroxylation sites is 1. The van der Waals surface area contributed by atoms with Gasteiger partial charge in [-0.3, -0.25) is 4.79 Å². The van der Waals surface area contributed by atoms with Crippen molar-refractivity contribution >= 4 is 33.2 Å². The molecular weight excluding hydrogens is 440 g/mol. The monoisotopic (exact) mass is 460 g/mol. The SMILES string of the molecule is Cc1nc(-c2ccccc2NC(=O)C2CCCN(S(=O)(=O)c3ccc(Cl)cc3)C2)no1. The number of halogens is 1. The van der Waals surface area contributed by atoms with Gasteiger partial charge in [0.15, 0.2) is 0 Å². The summed E-state index contributed by atoms with van der Waals surface area (Å²) in [7, 11) is -3.70. The molecule has 1 N–H and O–H groups in total. The highest BCUT2D eigenvalue weighted by Crippen LogP contribution is 2.28. The molecule has 162 valence electrons. The fourth-order valence-electron chi connectivity index (χ4n) is 3.56. The van der Waals surface area contributed by atoms with Gasteiger partial charge in [-0.1, -0.05) is 28.9 Å². The van der Waals surface area contributed by atoms with Crippen LogP contribution >= 0.6 is 11.6 Å². The first-order chi connectivity index (χ1) is 14.8. The zero-order valence-corrected chi connectivity index (χ0v) is 18.4. The zero-order chi connectivity index (χ0) is 22.0. The third-order valence-corrected chi connectivity index (χ3v) is 7.29. The molecule has 10 heteroatoms. The zero-order valence-electron chi connectivity index (χ0n) is 16.8. The van der Waals surface area contributed by atoms with Gasteiger partial charge in [0.2, 0.25) is 27.6 Å². The fourth-order valence-corrected chi connectivity index (χ4v) is 5.21. The van der Waals surface area contributed by atoms with Crippen molar-refractivity contribution in [2.75, 3.05) is 18.4 Å². The summed E-state index contributed by atoms with van der Waals surface area (Å²) in [5, 5.41) is 7.29. The first-order valence-corrected chi connectivity index (χ1v) is 11.6. The predicted molar refractivity (Wildman–Crippen MR) is 116 cm³/mol. The molecule has 1 amide bonds. The number of hydrogen-bond acceptors (Lipinski definition) is 6. The molecule has 1 aliphatic rings. The average Bonchev–Trinajstić information content (AvgIpc) is 3.20. The predicted octanol–water partition coefficient (Wildman–Crippen LogP) is 3.74. The Morgan fingerprint density at radius 2 is 1.94 bits per heavy atom. The summed E-state index contributed by atoms with van der Waals surface area (Å²) in [4.78, 5) is 17.4. The van der Waals surface area contributed by atoms with E-state index in [0.29, 0.717) is 47.4 Å². The van der Waals surface area contributed by atoms with Crippen LogP contribution in [-0.4, -0.2) is 41.9 Å². The number of benzene rings is 2. The van der Waals surface area contributed by atoms with E-state index in [4.69, 9.17) is 16.1 Å². The van der Waals surface area contributed by atoms with Gasteiger partial charge in [0.1, 0.15) is 0 Å². The van der Waals surface area contributed by atoms with Gasteiger partial charge in [-0.15, -0.1) is 0 Å². The van der Waals surface area contributed by atoms with Crippen LogP contribution in [0.4, 0.5) is 5.69 Å². The fraction of sp³-hybridized carbons (Fsp3) is 0.286. The van der Waals surface area contributed by atoms with E-state index >= 15 is 0 Å². The summed E-state index contributed by atoms with van der Waals surface area (Å²) in [5.74, 6) is 0.0787. The Bertz CT molecular complexity index is 1190. The topological polar surface area (TPSA) is 105 Å². The van der Waals surface area contributed by atoms with Crippen LogP contribution in [0.1, 0.15) is 18.7 Å². The number of hydrogen-bond donors (Lipinski definition) is 1. The van der Waals surface area contributed by atoms with E-state index in [0.717, 1.165) is 0 Å². The standard InChI is InChI=1S/C21H21ClN4O4S/c1-14-23-20(25-30-14)18-6-2-3-7-19(18)24-21(27)15-5-4-12-26(13-15)31(28,29)17-10-8-16(22)9-11-17/h2-3,6-11,15H,4-5,12-13H2,1H3,(H,24,27). The van der Waals surface area contributed by atoms with Gasteiger partial charge in [-0.05, 0) is 49.2 Å². The third kappa shape index (κ3) is 4.63. The van der Waals surface area contributed by atoms with Crippen molar-refractivity contribution < 1.29 is 17.7 Å². The Hall–Kier alpha value is -2.75. The number of aryl methyl sites for hydroxylation is 1. The van der Waals surface area contributed by atoms with E-state index in [9.17, 15) is 13.2 Å². The van der Waals surface area contributed by atoms with Gasteiger partial charge >= 0.3 is 0 Å². The van der Waals surface area contributed by atoms with Crippen molar-refractivity contribution in [1.29, 1.82) is 0 Å². The molecule has 31 heavy (non-hydrogen) atoms. The maximum absolute atomic E-state index is 13.0. The number of sulfonamides is 1. The second-order valence-electron chi connectivity index (χ2n) is 7.33. The van der Waals surface area contributed by atoms with E-state index in [2.05, 4.69) is 15.5 Å². The molecule has 0 saturated carbocycles. The van der Waals surface area contributed by atoms with Crippen LogP contribution < -0.4 is 5.32 Å². The highest BCUT2D eigenvalue weighted by Gasteiger charge is 2.33. The maximum atomic E-state index is 13.0. The summed E-state index contributed by atoms with van der Waals surface area (Å²) in [6, 6.07) is 13.2. The largest absolute Gasteiger partial charge is 0.339 e. The van der Waals surface area contributed by atoms with E-state index in [-0.39, 0.29) is 17.3 Å². The molecule has 1 saturated heterocycles. The van der Waals surface area contributed by atoms with Crippen LogP contribution in [0.15, 0.2) is 57.9 Å². The molecule has 1 fully saturated rings. The molecule has 0 radical (unpaired) electrons. The highest BCUT2D eigenvalue weighted by atomic mass is 35.5. The van der Waals surface area contributed by atoms with Gasteiger partial charge in [-0.2, -0.15) is 9.29 Å². The number of piperidine rings is 1. The van der Waals surface area contributed by atoms with Crippen molar-refractivity contribution in [3.63, 3.8) is 0 Å². The summed E-state index contributed by atoms with van der Waals surface area (Å²) in [5.41, 5.74) is 1.18. The molecular formula is C21H21ClN4O4S. The lowest BCUT2D eigenvalue weighted by molar-refractivity contribution is -0.120. The van der Waals surface area contributed by atoms with Gasteiger partial charge in [0, 0.05) is 30.6 Å². The van der Waals surface area contributed by atoms with Crippen molar-refractivity contribution in [3.05, 3.63) is 59.4 Å². The molecule has 4 rings (SSSR count). The Kier molecular flexibility index (Phi) is 6.08. The second kappa shape index (κ2) is 8.78. The molecule has 1 aromatic heterocycles. The Morgan fingerprint density at radius 1 is 1.19 bits per heavy atom. The number of aromatic nitrogens is 2. The maximum Gasteiger partial charge on any atom is 0.243 e. The van der Waals surface area contributed by atoms with Gasteiger partial charge < -0.3 is 9.84 Å². The Labute approximate surface area is 185 Å².